The van der Waals surface area contributed by atoms with Gasteiger partial charge in [0.2, 0.25) is 0 Å². The Labute approximate surface area is 82.6 Å². The Morgan fingerprint density at radius 3 is 2.57 bits per heavy atom. The standard InChI is InChI=1S/C10H13NO3/c1-7(2)9-5-4-8(3)6-10(9)14-11(12)13/h4-7H,1-3H3. The van der Waals surface area contributed by atoms with Gasteiger partial charge in [-0.15, -0.1) is 10.1 Å². The molecule has 0 amide bonds. The molecule has 4 nitrogen and oxygen atoms in total. The molecular weight excluding hydrogens is 182 g/mol. The van der Waals surface area contributed by atoms with Crippen LogP contribution in [0.5, 0.6) is 5.75 Å². The highest BCUT2D eigenvalue weighted by atomic mass is 17.0. The summed E-state index contributed by atoms with van der Waals surface area (Å²) < 4.78 is 0. The fourth-order valence-corrected chi connectivity index (χ4v) is 1.28. The zero-order chi connectivity index (χ0) is 10.7. The van der Waals surface area contributed by atoms with Crippen LogP contribution in [0.3, 0.4) is 0 Å². The van der Waals surface area contributed by atoms with E-state index in [1.807, 2.05) is 32.9 Å². The Kier molecular flexibility index (Phi) is 3.06. The molecule has 0 aliphatic rings. The van der Waals surface area contributed by atoms with Crippen LogP contribution in [-0.4, -0.2) is 5.09 Å². The van der Waals surface area contributed by atoms with E-state index in [-0.39, 0.29) is 5.92 Å². The lowest BCUT2D eigenvalue weighted by Crippen LogP contribution is -2.06. The van der Waals surface area contributed by atoms with Gasteiger partial charge in [-0.3, -0.25) is 4.84 Å². The van der Waals surface area contributed by atoms with Crippen LogP contribution >= 0.6 is 0 Å². The predicted octanol–water partition coefficient (Wildman–Crippen LogP) is 2.69. The normalized spacial score (nSPS) is 10.3. The Bertz CT molecular complexity index is 347. The minimum atomic E-state index is -0.777. The predicted molar refractivity (Wildman–Crippen MR) is 52.9 cm³/mol. The van der Waals surface area contributed by atoms with Gasteiger partial charge in [-0.25, -0.2) is 0 Å². The van der Waals surface area contributed by atoms with Crippen LogP contribution in [0, 0.1) is 17.0 Å². The molecule has 0 radical (unpaired) electrons. The Morgan fingerprint density at radius 1 is 1.43 bits per heavy atom. The molecule has 1 rings (SSSR count). The van der Waals surface area contributed by atoms with Crippen molar-refractivity contribution in [2.24, 2.45) is 0 Å². The van der Waals surface area contributed by atoms with Gasteiger partial charge in [0, 0.05) is 0 Å². The molecule has 1 aromatic rings. The number of benzene rings is 1. The summed E-state index contributed by atoms with van der Waals surface area (Å²) in [5.41, 5.74) is 1.80. The molecule has 76 valence electrons. The summed E-state index contributed by atoms with van der Waals surface area (Å²) >= 11 is 0. The van der Waals surface area contributed by atoms with Crippen molar-refractivity contribution in [1.29, 1.82) is 0 Å². The molecule has 14 heavy (non-hydrogen) atoms. The van der Waals surface area contributed by atoms with Crippen molar-refractivity contribution < 1.29 is 9.92 Å². The summed E-state index contributed by atoms with van der Waals surface area (Å²) in [6.07, 6.45) is 0. The molecule has 0 unspecified atom stereocenters. The number of aryl methyl sites for hydroxylation is 1. The van der Waals surface area contributed by atoms with E-state index in [1.165, 1.54) is 0 Å². The molecule has 0 spiro atoms. The molecule has 0 fully saturated rings. The lowest BCUT2D eigenvalue weighted by molar-refractivity contribution is -0.711. The van der Waals surface area contributed by atoms with Gasteiger partial charge in [0.25, 0.3) is 5.09 Å². The first kappa shape index (κ1) is 10.5. The first-order chi connectivity index (χ1) is 6.50. The van der Waals surface area contributed by atoms with E-state index in [0.717, 1.165) is 11.1 Å². The van der Waals surface area contributed by atoms with Crippen molar-refractivity contribution in [3.05, 3.63) is 39.4 Å². The summed E-state index contributed by atoms with van der Waals surface area (Å²) in [5, 5.41) is 9.46. The first-order valence-corrected chi connectivity index (χ1v) is 4.43. The summed E-state index contributed by atoms with van der Waals surface area (Å²) in [7, 11) is 0. The SMILES string of the molecule is Cc1ccc(C(C)C)c(O[N+](=O)[O-])c1. The molecule has 4 heteroatoms. The molecule has 0 atom stereocenters. The molecule has 0 aromatic heterocycles. The number of nitrogens with zero attached hydrogens (tertiary/aromatic N) is 1. The third-order valence-corrected chi connectivity index (χ3v) is 1.96. The van der Waals surface area contributed by atoms with E-state index in [1.54, 1.807) is 6.07 Å². The first-order valence-electron chi connectivity index (χ1n) is 4.43. The smallest absolute Gasteiger partial charge is 0.276 e. The zero-order valence-corrected chi connectivity index (χ0v) is 8.48. The maximum atomic E-state index is 10.2. The third-order valence-electron chi connectivity index (χ3n) is 1.96. The molecule has 1 aromatic carbocycles. The Morgan fingerprint density at radius 2 is 2.07 bits per heavy atom. The average molecular weight is 195 g/mol. The van der Waals surface area contributed by atoms with Gasteiger partial charge in [0.15, 0.2) is 0 Å². The number of rotatable bonds is 3. The highest BCUT2D eigenvalue weighted by Crippen LogP contribution is 2.27. The highest BCUT2D eigenvalue weighted by molar-refractivity contribution is 5.38. The molecule has 0 N–H and O–H groups in total. The van der Waals surface area contributed by atoms with Crippen molar-refractivity contribution in [3.63, 3.8) is 0 Å². The van der Waals surface area contributed by atoms with Gasteiger partial charge < -0.3 is 0 Å². The quantitative estimate of drug-likeness (QED) is 0.550. The average Bonchev–Trinajstić information content (AvgIpc) is 2.01. The monoisotopic (exact) mass is 195 g/mol. The van der Waals surface area contributed by atoms with Gasteiger partial charge in [-0.2, -0.15) is 0 Å². The lowest BCUT2D eigenvalue weighted by atomic mass is 10.0. The maximum Gasteiger partial charge on any atom is 0.299 e. The molecule has 0 bridgehead atoms. The fourth-order valence-electron chi connectivity index (χ4n) is 1.28. The Balaban J connectivity index is 3.09. The third kappa shape index (κ3) is 2.45. The van der Waals surface area contributed by atoms with Crippen LogP contribution in [-0.2, 0) is 0 Å². The summed E-state index contributed by atoms with van der Waals surface area (Å²) in [6.45, 7) is 5.81. The maximum absolute atomic E-state index is 10.2. The molecule has 0 aliphatic carbocycles. The van der Waals surface area contributed by atoms with Gasteiger partial charge in [-0.05, 0) is 30.0 Å². The van der Waals surface area contributed by atoms with Crippen LogP contribution < -0.4 is 4.84 Å². The second kappa shape index (κ2) is 4.09. The van der Waals surface area contributed by atoms with Crippen molar-refractivity contribution in [2.75, 3.05) is 0 Å². The topological polar surface area (TPSA) is 52.4 Å². The minimum Gasteiger partial charge on any atom is -0.276 e. The van der Waals surface area contributed by atoms with Crippen LogP contribution in [0.15, 0.2) is 18.2 Å². The van der Waals surface area contributed by atoms with Crippen molar-refractivity contribution in [2.45, 2.75) is 26.7 Å². The molecule has 0 heterocycles. The Hall–Kier alpha value is -1.58. The van der Waals surface area contributed by atoms with E-state index in [4.69, 9.17) is 0 Å². The second-order valence-electron chi connectivity index (χ2n) is 3.51. The highest BCUT2D eigenvalue weighted by Gasteiger charge is 2.09. The van der Waals surface area contributed by atoms with Crippen molar-refractivity contribution in [1.82, 2.24) is 0 Å². The fraction of sp³-hybridized carbons (Fsp3) is 0.400. The van der Waals surface area contributed by atoms with Crippen LogP contribution in [0.4, 0.5) is 0 Å². The van der Waals surface area contributed by atoms with Gasteiger partial charge in [-0.1, -0.05) is 26.0 Å². The van der Waals surface area contributed by atoms with Gasteiger partial charge in [0.05, 0.1) is 0 Å². The molecule has 0 saturated heterocycles. The number of hydrogen-bond acceptors (Lipinski definition) is 3. The van der Waals surface area contributed by atoms with E-state index in [0.29, 0.717) is 5.75 Å². The molecule has 0 saturated carbocycles. The van der Waals surface area contributed by atoms with E-state index in [2.05, 4.69) is 4.84 Å². The second-order valence-corrected chi connectivity index (χ2v) is 3.51. The number of hydrogen-bond donors (Lipinski definition) is 0. The zero-order valence-electron chi connectivity index (χ0n) is 8.48. The molecule has 0 aliphatic heterocycles. The lowest BCUT2D eigenvalue weighted by Gasteiger charge is -2.11. The van der Waals surface area contributed by atoms with Crippen LogP contribution in [0.2, 0.25) is 0 Å². The summed E-state index contributed by atoms with van der Waals surface area (Å²) in [6, 6.07) is 5.46. The van der Waals surface area contributed by atoms with Crippen LogP contribution in [0.25, 0.3) is 0 Å². The van der Waals surface area contributed by atoms with Gasteiger partial charge in [0.1, 0.15) is 5.75 Å². The largest absolute Gasteiger partial charge is 0.299 e. The van der Waals surface area contributed by atoms with Gasteiger partial charge >= 0.3 is 0 Å². The van der Waals surface area contributed by atoms with Crippen molar-refractivity contribution in [3.8, 4) is 5.75 Å². The molecular formula is C10H13NO3. The minimum absolute atomic E-state index is 0.213. The van der Waals surface area contributed by atoms with E-state index < -0.39 is 5.09 Å². The summed E-state index contributed by atoms with van der Waals surface area (Å²) in [5.74, 6) is 0.551. The van der Waals surface area contributed by atoms with E-state index >= 15 is 0 Å². The van der Waals surface area contributed by atoms with Crippen molar-refractivity contribution >= 4 is 0 Å². The van der Waals surface area contributed by atoms with Crippen LogP contribution in [0.1, 0.15) is 30.9 Å². The van der Waals surface area contributed by atoms with E-state index in [9.17, 15) is 10.1 Å². The summed E-state index contributed by atoms with van der Waals surface area (Å²) in [4.78, 5) is 14.7.